The standard InChI is InChI=1S/C15H14ClN5O3S2/c1-8(25-15-20-12-6-9(16)7-18-13(12)21-15)14(22)19-10-2-4-11(5-3-10)26(17,23)24/h2-8H,1H3,(H,19,22)(H2,17,23,24)(H,18,20,21)/t8-/m1/s1. The maximum absolute atomic E-state index is 12.3. The van der Waals surface area contributed by atoms with Gasteiger partial charge in [-0.3, -0.25) is 4.79 Å². The van der Waals surface area contributed by atoms with Crippen LogP contribution in [0, 0.1) is 0 Å². The van der Waals surface area contributed by atoms with E-state index in [1.54, 1.807) is 13.0 Å². The number of imidazole rings is 1. The third kappa shape index (κ3) is 4.33. The van der Waals surface area contributed by atoms with Gasteiger partial charge in [-0.15, -0.1) is 0 Å². The predicted octanol–water partition coefficient (Wildman–Crippen LogP) is 2.38. The van der Waals surface area contributed by atoms with Gasteiger partial charge in [0.15, 0.2) is 10.8 Å². The summed E-state index contributed by atoms with van der Waals surface area (Å²) in [7, 11) is -3.77. The molecule has 3 aromatic rings. The van der Waals surface area contributed by atoms with Crippen LogP contribution in [0.5, 0.6) is 0 Å². The number of aromatic nitrogens is 3. The van der Waals surface area contributed by atoms with Crippen molar-refractivity contribution in [1.82, 2.24) is 15.0 Å². The van der Waals surface area contributed by atoms with Gasteiger partial charge in [0.1, 0.15) is 0 Å². The van der Waals surface area contributed by atoms with Crippen LogP contribution in [0.3, 0.4) is 0 Å². The molecule has 1 atom stereocenters. The number of H-pyrrole nitrogens is 1. The highest BCUT2D eigenvalue weighted by Gasteiger charge is 2.17. The Morgan fingerprint density at radius 2 is 2.04 bits per heavy atom. The molecule has 0 unspecified atom stereocenters. The second-order valence-corrected chi connectivity index (χ2v) is 8.71. The fourth-order valence-electron chi connectivity index (χ4n) is 2.10. The first kappa shape index (κ1) is 18.6. The lowest BCUT2D eigenvalue weighted by atomic mass is 10.3. The number of benzene rings is 1. The smallest absolute Gasteiger partial charge is 0.238 e. The minimum atomic E-state index is -3.77. The van der Waals surface area contributed by atoms with Gasteiger partial charge in [0.2, 0.25) is 15.9 Å². The van der Waals surface area contributed by atoms with Crippen molar-refractivity contribution in [3.8, 4) is 0 Å². The molecule has 0 radical (unpaired) electrons. The van der Waals surface area contributed by atoms with E-state index in [9.17, 15) is 13.2 Å². The van der Waals surface area contributed by atoms with Crippen molar-refractivity contribution in [3.63, 3.8) is 0 Å². The van der Waals surface area contributed by atoms with Crippen LogP contribution in [0.4, 0.5) is 5.69 Å². The Balaban J connectivity index is 1.67. The van der Waals surface area contributed by atoms with E-state index < -0.39 is 15.3 Å². The van der Waals surface area contributed by atoms with Crippen molar-refractivity contribution in [1.29, 1.82) is 0 Å². The van der Waals surface area contributed by atoms with Crippen molar-refractivity contribution < 1.29 is 13.2 Å². The number of hydrogen-bond acceptors (Lipinski definition) is 6. The average molecular weight is 412 g/mol. The van der Waals surface area contributed by atoms with E-state index in [-0.39, 0.29) is 10.8 Å². The molecule has 1 amide bonds. The second-order valence-electron chi connectivity index (χ2n) is 5.39. The number of hydrogen-bond donors (Lipinski definition) is 3. The topological polar surface area (TPSA) is 131 Å². The zero-order chi connectivity index (χ0) is 18.9. The van der Waals surface area contributed by atoms with Crippen LogP contribution in [-0.2, 0) is 14.8 Å². The van der Waals surface area contributed by atoms with Crippen LogP contribution in [-0.4, -0.2) is 34.5 Å². The molecule has 0 aliphatic heterocycles. The molecule has 2 heterocycles. The SMILES string of the molecule is C[C@@H](Sc1nc2ncc(Cl)cc2[nH]1)C(=O)Nc1ccc(S(N)(=O)=O)cc1. The zero-order valence-corrected chi connectivity index (χ0v) is 15.8. The molecule has 1 aromatic carbocycles. The maximum Gasteiger partial charge on any atom is 0.238 e. The lowest BCUT2D eigenvalue weighted by molar-refractivity contribution is -0.115. The number of carbonyl (C=O) groups is 1. The number of fused-ring (bicyclic) bond motifs is 1. The number of nitrogens with two attached hydrogens (primary N) is 1. The van der Waals surface area contributed by atoms with Gasteiger partial charge in [0, 0.05) is 11.9 Å². The number of aromatic amines is 1. The number of rotatable bonds is 5. The van der Waals surface area contributed by atoms with Crippen LogP contribution in [0.2, 0.25) is 5.02 Å². The average Bonchev–Trinajstić information content (AvgIpc) is 2.95. The summed E-state index contributed by atoms with van der Waals surface area (Å²) in [6, 6.07) is 7.32. The third-order valence-electron chi connectivity index (χ3n) is 3.39. The first-order valence-corrected chi connectivity index (χ1v) is 10.1. The van der Waals surface area contributed by atoms with Crippen LogP contribution in [0.1, 0.15) is 6.92 Å². The molecule has 11 heteroatoms. The van der Waals surface area contributed by atoms with Gasteiger partial charge in [0.25, 0.3) is 0 Å². The Hall–Kier alpha value is -2.14. The third-order valence-corrected chi connectivity index (χ3v) is 5.51. The Bertz CT molecular complexity index is 1070. The van der Waals surface area contributed by atoms with Gasteiger partial charge < -0.3 is 10.3 Å². The van der Waals surface area contributed by atoms with Crippen molar-refractivity contribution in [2.75, 3.05) is 5.32 Å². The molecular formula is C15H14ClN5O3S2. The summed E-state index contributed by atoms with van der Waals surface area (Å²) in [6.45, 7) is 1.73. The molecule has 0 bridgehead atoms. The Morgan fingerprint density at radius 3 is 2.69 bits per heavy atom. The number of pyridine rings is 1. The van der Waals surface area contributed by atoms with E-state index in [4.69, 9.17) is 16.7 Å². The monoisotopic (exact) mass is 411 g/mol. The number of sulfonamides is 1. The number of amides is 1. The summed E-state index contributed by atoms with van der Waals surface area (Å²) >= 11 is 7.12. The minimum absolute atomic E-state index is 0.0219. The summed E-state index contributed by atoms with van der Waals surface area (Å²) in [5.74, 6) is -0.259. The molecule has 0 aliphatic rings. The maximum atomic E-state index is 12.3. The number of thioether (sulfide) groups is 1. The molecule has 4 N–H and O–H groups in total. The molecule has 0 aliphatic carbocycles. The summed E-state index contributed by atoms with van der Waals surface area (Å²) in [6.07, 6.45) is 1.50. The number of primary sulfonamides is 1. The minimum Gasteiger partial charge on any atom is -0.331 e. The first-order chi connectivity index (χ1) is 12.2. The molecule has 0 saturated carbocycles. The fourth-order valence-corrected chi connectivity index (χ4v) is 3.58. The highest BCUT2D eigenvalue weighted by molar-refractivity contribution is 8.00. The van der Waals surface area contributed by atoms with Gasteiger partial charge in [-0.1, -0.05) is 23.4 Å². The van der Waals surface area contributed by atoms with Gasteiger partial charge in [-0.05, 0) is 37.3 Å². The van der Waals surface area contributed by atoms with Crippen molar-refractivity contribution in [3.05, 3.63) is 41.6 Å². The Morgan fingerprint density at radius 1 is 1.35 bits per heavy atom. The van der Waals surface area contributed by atoms with Crippen LogP contribution < -0.4 is 10.5 Å². The van der Waals surface area contributed by atoms with E-state index in [1.807, 2.05) is 0 Å². The summed E-state index contributed by atoms with van der Waals surface area (Å²) < 4.78 is 22.5. The van der Waals surface area contributed by atoms with Crippen molar-refractivity contribution in [2.24, 2.45) is 5.14 Å². The number of halogens is 1. The predicted molar refractivity (Wildman–Crippen MR) is 101 cm³/mol. The number of nitrogens with zero attached hydrogens (tertiary/aromatic N) is 2. The van der Waals surface area contributed by atoms with E-state index in [0.29, 0.717) is 27.0 Å². The van der Waals surface area contributed by atoms with E-state index in [2.05, 4.69) is 20.3 Å². The van der Waals surface area contributed by atoms with Crippen LogP contribution in [0.25, 0.3) is 11.2 Å². The number of nitrogens with one attached hydrogen (secondary N) is 2. The van der Waals surface area contributed by atoms with Crippen LogP contribution >= 0.6 is 23.4 Å². The fraction of sp³-hybridized carbons (Fsp3) is 0.133. The Labute approximate surface area is 158 Å². The van der Waals surface area contributed by atoms with E-state index in [0.717, 1.165) is 0 Å². The molecular weight excluding hydrogens is 398 g/mol. The first-order valence-electron chi connectivity index (χ1n) is 7.34. The van der Waals surface area contributed by atoms with Crippen LogP contribution in [0.15, 0.2) is 46.6 Å². The molecule has 0 spiro atoms. The van der Waals surface area contributed by atoms with Gasteiger partial charge in [-0.25, -0.2) is 23.5 Å². The molecule has 2 aromatic heterocycles. The molecule has 136 valence electrons. The van der Waals surface area contributed by atoms with Gasteiger partial charge in [0.05, 0.1) is 20.7 Å². The molecule has 3 rings (SSSR count). The van der Waals surface area contributed by atoms with Gasteiger partial charge in [-0.2, -0.15) is 0 Å². The molecule has 0 fully saturated rings. The largest absolute Gasteiger partial charge is 0.331 e. The Kier molecular flexibility index (Phi) is 5.19. The lowest BCUT2D eigenvalue weighted by Crippen LogP contribution is -2.22. The number of carbonyl (C=O) groups excluding carboxylic acids is 1. The lowest BCUT2D eigenvalue weighted by Gasteiger charge is -2.10. The highest BCUT2D eigenvalue weighted by Crippen LogP contribution is 2.25. The second kappa shape index (κ2) is 7.23. The summed E-state index contributed by atoms with van der Waals surface area (Å²) in [5.41, 5.74) is 1.67. The van der Waals surface area contributed by atoms with Crippen molar-refractivity contribution in [2.45, 2.75) is 22.2 Å². The highest BCUT2D eigenvalue weighted by atomic mass is 35.5. The number of anilines is 1. The summed E-state index contributed by atoms with van der Waals surface area (Å²) in [4.78, 5) is 23.7. The molecule has 8 nitrogen and oxygen atoms in total. The quantitative estimate of drug-likeness (QED) is 0.552. The van der Waals surface area contributed by atoms with E-state index in [1.165, 1.54) is 42.2 Å². The van der Waals surface area contributed by atoms with Crippen molar-refractivity contribution >= 4 is 56.1 Å². The zero-order valence-electron chi connectivity index (χ0n) is 13.4. The molecule has 26 heavy (non-hydrogen) atoms. The molecule has 0 saturated heterocycles. The van der Waals surface area contributed by atoms with Gasteiger partial charge >= 0.3 is 0 Å². The summed E-state index contributed by atoms with van der Waals surface area (Å²) in [5, 5.41) is 8.33. The normalized spacial score (nSPS) is 12.9. The van der Waals surface area contributed by atoms with E-state index >= 15 is 0 Å².